The molecule has 0 aliphatic rings. The molecule has 5 nitrogen and oxygen atoms in total. The van der Waals surface area contributed by atoms with Crippen molar-refractivity contribution >= 4 is 5.97 Å². The first-order chi connectivity index (χ1) is 8.54. The number of rotatable bonds is 6. The van der Waals surface area contributed by atoms with Gasteiger partial charge in [0, 0.05) is 18.8 Å². The molecule has 18 heavy (non-hydrogen) atoms. The number of aromatic nitrogens is 2. The molecule has 102 valence electrons. The Morgan fingerprint density at radius 1 is 1.50 bits per heavy atom. The van der Waals surface area contributed by atoms with Gasteiger partial charge in [-0.05, 0) is 19.8 Å². The van der Waals surface area contributed by atoms with Crippen molar-refractivity contribution < 1.29 is 14.6 Å². The van der Waals surface area contributed by atoms with Crippen molar-refractivity contribution in [2.75, 3.05) is 6.61 Å². The van der Waals surface area contributed by atoms with Crippen LogP contribution in [0.15, 0.2) is 6.20 Å². The number of ether oxygens (including phenoxy) is 1. The number of carbonyl (C=O) groups excluding carboxylic acids is 1. The van der Waals surface area contributed by atoms with Crippen molar-refractivity contribution in [3.05, 3.63) is 17.5 Å². The molecular weight excluding hydrogens is 232 g/mol. The second-order valence-electron chi connectivity index (χ2n) is 4.27. The van der Waals surface area contributed by atoms with Crippen LogP contribution in [0.25, 0.3) is 0 Å². The Hall–Kier alpha value is -1.36. The second kappa shape index (κ2) is 6.54. The van der Waals surface area contributed by atoms with Gasteiger partial charge in [0.15, 0.2) is 0 Å². The van der Waals surface area contributed by atoms with E-state index in [4.69, 9.17) is 4.74 Å². The Morgan fingerprint density at radius 3 is 2.67 bits per heavy atom. The third-order valence-electron chi connectivity index (χ3n) is 3.00. The lowest BCUT2D eigenvalue weighted by Gasteiger charge is -2.19. The van der Waals surface area contributed by atoms with E-state index in [1.165, 1.54) is 0 Å². The summed E-state index contributed by atoms with van der Waals surface area (Å²) in [6, 6.07) is 0. The van der Waals surface area contributed by atoms with E-state index in [-0.39, 0.29) is 5.97 Å². The second-order valence-corrected chi connectivity index (χ2v) is 4.27. The fourth-order valence-electron chi connectivity index (χ4n) is 2.06. The highest BCUT2D eigenvalue weighted by atomic mass is 16.5. The number of hydrogen-bond acceptors (Lipinski definition) is 4. The van der Waals surface area contributed by atoms with Crippen LogP contribution in [-0.4, -0.2) is 27.5 Å². The minimum absolute atomic E-state index is 0.329. The van der Waals surface area contributed by atoms with Crippen LogP contribution in [0.1, 0.15) is 44.6 Å². The summed E-state index contributed by atoms with van der Waals surface area (Å²) in [6.07, 6.45) is 2.19. The molecule has 2 atom stereocenters. The van der Waals surface area contributed by atoms with Crippen LogP contribution in [0.5, 0.6) is 0 Å². The predicted molar refractivity (Wildman–Crippen MR) is 68.0 cm³/mol. The van der Waals surface area contributed by atoms with Gasteiger partial charge in [-0.1, -0.05) is 13.8 Å². The number of esters is 1. The third kappa shape index (κ3) is 3.10. The first-order valence-electron chi connectivity index (χ1n) is 6.42. The molecule has 0 saturated carbocycles. The van der Waals surface area contributed by atoms with Gasteiger partial charge in [-0.15, -0.1) is 0 Å². The minimum Gasteiger partial charge on any atom is -0.466 e. The lowest BCUT2D eigenvalue weighted by atomic mass is 9.93. The van der Waals surface area contributed by atoms with Crippen molar-refractivity contribution in [2.45, 2.75) is 39.7 Å². The number of aliphatic hydroxyl groups excluding tert-OH is 1. The Morgan fingerprint density at radius 2 is 2.17 bits per heavy atom. The molecule has 0 amide bonds. The van der Waals surface area contributed by atoms with Gasteiger partial charge in [0.2, 0.25) is 0 Å². The zero-order valence-corrected chi connectivity index (χ0v) is 11.5. The maximum absolute atomic E-state index is 11.8. The average Bonchev–Trinajstić information content (AvgIpc) is 2.71. The molecule has 1 aromatic heterocycles. The highest BCUT2D eigenvalue weighted by Gasteiger charge is 2.30. The number of aryl methyl sites for hydroxylation is 2. The maximum Gasteiger partial charge on any atom is 0.311 e. The van der Waals surface area contributed by atoms with Crippen molar-refractivity contribution in [1.29, 1.82) is 0 Å². The highest BCUT2D eigenvalue weighted by Crippen LogP contribution is 2.28. The number of aliphatic hydroxyl groups is 1. The lowest BCUT2D eigenvalue weighted by Crippen LogP contribution is -2.24. The Labute approximate surface area is 108 Å². The molecule has 1 N–H and O–H groups in total. The topological polar surface area (TPSA) is 64.3 Å². The van der Waals surface area contributed by atoms with Gasteiger partial charge < -0.3 is 9.84 Å². The molecule has 0 bridgehead atoms. The van der Waals surface area contributed by atoms with Crippen LogP contribution in [0.2, 0.25) is 0 Å². The molecule has 1 rings (SSSR count). The third-order valence-corrected chi connectivity index (χ3v) is 3.00. The van der Waals surface area contributed by atoms with E-state index in [1.54, 1.807) is 24.9 Å². The molecule has 0 aliphatic carbocycles. The number of hydrogen-bond donors (Lipinski definition) is 1. The molecular formula is C13H22N2O3. The fraction of sp³-hybridized carbons (Fsp3) is 0.692. The fourth-order valence-corrected chi connectivity index (χ4v) is 2.06. The van der Waals surface area contributed by atoms with E-state index in [0.29, 0.717) is 13.0 Å². The molecule has 0 radical (unpaired) electrons. The van der Waals surface area contributed by atoms with Gasteiger partial charge in [-0.25, -0.2) is 0 Å². The lowest BCUT2D eigenvalue weighted by molar-refractivity contribution is -0.152. The van der Waals surface area contributed by atoms with E-state index in [0.717, 1.165) is 17.7 Å². The maximum atomic E-state index is 11.8. The van der Waals surface area contributed by atoms with Crippen LogP contribution >= 0.6 is 0 Å². The Kier molecular flexibility index (Phi) is 5.34. The summed E-state index contributed by atoms with van der Waals surface area (Å²) in [4.78, 5) is 11.8. The van der Waals surface area contributed by atoms with E-state index in [2.05, 4.69) is 5.10 Å². The van der Waals surface area contributed by atoms with Gasteiger partial charge >= 0.3 is 5.97 Å². The molecule has 1 aromatic rings. The molecule has 0 saturated heterocycles. The van der Waals surface area contributed by atoms with Gasteiger partial charge in [0.1, 0.15) is 0 Å². The Balaban J connectivity index is 2.95. The van der Waals surface area contributed by atoms with Crippen LogP contribution in [-0.2, 0) is 23.0 Å². The van der Waals surface area contributed by atoms with Gasteiger partial charge in [0.25, 0.3) is 0 Å². The molecule has 0 aliphatic heterocycles. The molecule has 5 heteroatoms. The quantitative estimate of drug-likeness (QED) is 0.783. The van der Waals surface area contributed by atoms with E-state index in [9.17, 15) is 9.90 Å². The van der Waals surface area contributed by atoms with Crippen LogP contribution in [0, 0.1) is 5.92 Å². The number of nitrogens with zero attached hydrogens (tertiary/aromatic N) is 2. The van der Waals surface area contributed by atoms with E-state index >= 15 is 0 Å². The number of carbonyl (C=O) groups is 1. The molecule has 0 aromatic carbocycles. The van der Waals surface area contributed by atoms with Crippen LogP contribution in [0.3, 0.4) is 0 Å². The summed E-state index contributed by atoms with van der Waals surface area (Å²) in [5, 5.41) is 14.6. The molecule has 0 spiro atoms. The first-order valence-corrected chi connectivity index (χ1v) is 6.42. The van der Waals surface area contributed by atoms with Crippen molar-refractivity contribution in [3.8, 4) is 0 Å². The van der Waals surface area contributed by atoms with Crippen LogP contribution < -0.4 is 0 Å². The van der Waals surface area contributed by atoms with Crippen LogP contribution in [0.4, 0.5) is 0 Å². The van der Waals surface area contributed by atoms with Crippen molar-refractivity contribution in [2.24, 2.45) is 13.0 Å². The summed E-state index contributed by atoms with van der Waals surface area (Å²) < 4.78 is 6.65. The summed E-state index contributed by atoms with van der Waals surface area (Å²) >= 11 is 0. The standard InChI is InChI=1S/C13H22N2O3/c1-5-9(13(17)18-7-3)12(16)10-8-15(4)14-11(10)6-2/h8-9,12,16H,5-7H2,1-4H3. The minimum atomic E-state index is -0.849. The van der Waals surface area contributed by atoms with Crippen molar-refractivity contribution in [1.82, 2.24) is 9.78 Å². The summed E-state index contributed by atoms with van der Waals surface area (Å²) in [5.41, 5.74) is 1.55. The monoisotopic (exact) mass is 254 g/mol. The SMILES string of the molecule is CCOC(=O)C(CC)C(O)c1cn(C)nc1CC. The molecule has 2 unspecified atom stereocenters. The molecule has 0 fully saturated rings. The molecule has 1 heterocycles. The highest BCUT2D eigenvalue weighted by molar-refractivity contribution is 5.73. The average molecular weight is 254 g/mol. The van der Waals surface area contributed by atoms with Gasteiger partial charge in [0.05, 0.1) is 24.3 Å². The zero-order chi connectivity index (χ0) is 13.7. The normalized spacial score (nSPS) is 14.3. The predicted octanol–water partition coefficient (Wildman–Crippen LogP) is 1.61. The summed E-state index contributed by atoms with van der Waals surface area (Å²) in [7, 11) is 1.81. The summed E-state index contributed by atoms with van der Waals surface area (Å²) in [5.74, 6) is -0.877. The van der Waals surface area contributed by atoms with E-state index in [1.807, 2.05) is 13.8 Å². The van der Waals surface area contributed by atoms with Crippen molar-refractivity contribution in [3.63, 3.8) is 0 Å². The van der Waals surface area contributed by atoms with Gasteiger partial charge in [-0.3, -0.25) is 9.48 Å². The Bertz CT molecular complexity index is 401. The largest absolute Gasteiger partial charge is 0.466 e. The smallest absolute Gasteiger partial charge is 0.311 e. The van der Waals surface area contributed by atoms with Gasteiger partial charge in [-0.2, -0.15) is 5.10 Å². The van der Waals surface area contributed by atoms with E-state index < -0.39 is 12.0 Å². The summed E-state index contributed by atoms with van der Waals surface area (Å²) in [6.45, 7) is 5.94. The first kappa shape index (κ1) is 14.7. The zero-order valence-electron chi connectivity index (χ0n) is 11.5.